The fourth-order valence-corrected chi connectivity index (χ4v) is 5.56. The van der Waals surface area contributed by atoms with Crippen molar-refractivity contribution in [3.8, 4) is 11.3 Å². The average Bonchev–Trinajstić information content (AvgIpc) is 3.48. The third kappa shape index (κ3) is 4.46. The summed E-state index contributed by atoms with van der Waals surface area (Å²) in [6, 6.07) is 10.5. The van der Waals surface area contributed by atoms with Crippen LogP contribution in [0.5, 0.6) is 0 Å². The molecule has 0 spiro atoms. The van der Waals surface area contributed by atoms with Gasteiger partial charge in [-0.3, -0.25) is 9.20 Å². The molecule has 4 aromatic rings. The van der Waals surface area contributed by atoms with Gasteiger partial charge in [-0.05, 0) is 56.8 Å². The fraction of sp³-hybridized carbons (Fsp3) is 0.321. The van der Waals surface area contributed by atoms with Crippen LogP contribution in [-0.4, -0.2) is 69.6 Å². The number of nitrogens with one attached hydrogen (secondary N) is 2. The van der Waals surface area contributed by atoms with Crippen molar-refractivity contribution in [1.29, 1.82) is 0 Å². The largest absolute Gasteiger partial charge is 0.388 e. The van der Waals surface area contributed by atoms with E-state index in [-0.39, 0.29) is 11.7 Å². The third-order valence-corrected chi connectivity index (χ3v) is 7.40. The molecule has 0 aliphatic carbocycles. The molecule has 1 aromatic carbocycles. The first-order chi connectivity index (χ1) is 18.3. The van der Waals surface area contributed by atoms with Crippen molar-refractivity contribution in [3.63, 3.8) is 0 Å². The molecular weight excluding hydrogens is 485 g/mol. The van der Waals surface area contributed by atoms with Crippen molar-refractivity contribution in [1.82, 2.24) is 24.6 Å². The molecule has 196 valence electrons. The molecule has 3 N–H and O–H groups in total. The van der Waals surface area contributed by atoms with E-state index in [9.17, 15) is 14.3 Å². The van der Waals surface area contributed by atoms with Gasteiger partial charge in [0.15, 0.2) is 0 Å². The molecule has 1 fully saturated rings. The molecule has 38 heavy (non-hydrogen) atoms. The van der Waals surface area contributed by atoms with Crippen molar-refractivity contribution in [2.24, 2.45) is 0 Å². The van der Waals surface area contributed by atoms with Crippen LogP contribution in [-0.2, 0) is 6.54 Å². The number of aliphatic hydroxyl groups is 1. The minimum atomic E-state index is -0.651. The minimum Gasteiger partial charge on any atom is -0.388 e. The Hall–Kier alpha value is -4.02. The van der Waals surface area contributed by atoms with Crippen molar-refractivity contribution in [3.05, 3.63) is 71.9 Å². The van der Waals surface area contributed by atoms with Crippen molar-refractivity contribution in [2.45, 2.75) is 25.0 Å². The second-order valence-corrected chi connectivity index (χ2v) is 10.4. The number of halogens is 1. The number of aromatic nitrogens is 3. The summed E-state index contributed by atoms with van der Waals surface area (Å²) >= 11 is 0. The zero-order chi connectivity index (χ0) is 26.4. The molecule has 2 aliphatic heterocycles. The number of anilines is 3. The van der Waals surface area contributed by atoms with Gasteiger partial charge in [0.25, 0.3) is 5.91 Å². The number of fused-ring (bicyclic) bond motifs is 2. The summed E-state index contributed by atoms with van der Waals surface area (Å²) < 4.78 is 15.5. The average molecular weight is 516 g/mol. The fourth-order valence-electron chi connectivity index (χ4n) is 5.56. The van der Waals surface area contributed by atoms with E-state index in [1.807, 2.05) is 53.9 Å². The first kappa shape index (κ1) is 24.3. The van der Waals surface area contributed by atoms with Gasteiger partial charge in [0, 0.05) is 44.0 Å². The zero-order valence-corrected chi connectivity index (χ0v) is 21.4. The molecule has 0 unspecified atom stereocenters. The van der Waals surface area contributed by atoms with E-state index in [0.29, 0.717) is 48.6 Å². The summed E-state index contributed by atoms with van der Waals surface area (Å²) in [4.78, 5) is 26.0. The molecule has 0 saturated carbocycles. The van der Waals surface area contributed by atoms with Gasteiger partial charge in [-0.15, -0.1) is 0 Å². The maximum Gasteiger partial charge on any atom is 0.254 e. The number of hydrogen-bond acceptors (Lipinski definition) is 7. The number of imidazole rings is 1. The first-order valence-electron chi connectivity index (χ1n) is 12.7. The highest BCUT2D eigenvalue weighted by molar-refractivity contribution is 6.06. The smallest absolute Gasteiger partial charge is 0.254 e. The normalized spacial score (nSPS) is 16.7. The van der Waals surface area contributed by atoms with Gasteiger partial charge in [0.2, 0.25) is 0 Å². The lowest BCUT2D eigenvalue weighted by atomic mass is 9.91. The monoisotopic (exact) mass is 515 g/mol. The molecule has 1 amide bonds. The Kier molecular flexibility index (Phi) is 6.00. The lowest BCUT2D eigenvalue weighted by Gasteiger charge is -2.40. The van der Waals surface area contributed by atoms with Gasteiger partial charge in [-0.2, -0.15) is 0 Å². The molecule has 1 saturated heterocycles. The SMILES string of the molecule is CN(C)CC1(O)CCN(c2ccc(Nc3ccc(-c4cnc5cc(F)ccn45)c4c3C(=O)NC4)nc2)CC1. The highest BCUT2D eigenvalue weighted by atomic mass is 19.1. The molecular formula is C28H30FN7O2. The molecule has 9 nitrogen and oxygen atoms in total. The standard InChI is InChI=1S/C28H30FN7O2/c1-34(2)17-28(38)8-11-35(12-9-28)19-3-6-24(30-14-19)33-22-5-4-20(21-15-32-27(37)26(21)22)23-16-31-25-13-18(29)7-10-36(23)25/h3-7,10,13-14,16,38H,8-9,11-12,15,17H2,1-2H3,(H,30,33)(H,32,37). The van der Waals surface area contributed by atoms with E-state index in [1.165, 1.54) is 12.1 Å². The minimum absolute atomic E-state index is 0.153. The van der Waals surface area contributed by atoms with Crippen LogP contribution >= 0.6 is 0 Å². The Morgan fingerprint density at radius 2 is 1.95 bits per heavy atom. The summed E-state index contributed by atoms with van der Waals surface area (Å²) in [5.74, 6) is 0.134. The number of carbonyl (C=O) groups excluding carboxylic acids is 1. The maximum atomic E-state index is 13.6. The van der Waals surface area contributed by atoms with Crippen LogP contribution in [0.1, 0.15) is 28.8 Å². The lowest BCUT2D eigenvalue weighted by molar-refractivity contribution is -0.00538. The number of rotatable bonds is 6. The van der Waals surface area contributed by atoms with Crippen LogP contribution in [0.3, 0.4) is 0 Å². The van der Waals surface area contributed by atoms with E-state index in [1.54, 1.807) is 12.4 Å². The summed E-state index contributed by atoms with van der Waals surface area (Å²) in [5.41, 5.74) is 4.62. The quantitative estimate of drug-likeness (QED) is 0.362. The summed E-state index contributed by atoms with van der Waals surface area (Å²) in [6.07, 6.45) is 6.58. The van der Waals surface area contributed by atoms with E-state index in [4.69, 9.17) is 0 Å². The number of likely N-dealkylation sites (N-methyl/N-ethyl adjacent to an activating group) is 1. The van der Waals surface area contributed by atoms with Crippen molar-refractivity contribution < 1.29 is 14.3 Å². The topological polar surface area (TPSA) is 98.0 Å². The maximum absolute atomic E-state index is 13.6. The Balaban J connectivity index is 1.22. The Morgan fingerprint density at radius 3 is 2.68 bits per heavy atom. The number of piperidine rings is 1. The second kappa shape index (κ2) is 9.38. The number of carbonyl (C=O) groups is 1. The number of benzene rings is 1. The van der Waals surface area contributed by atoms with Gasteiger partial charge in [-0.1, -0.05) is 6.07 Å². The van der Waals surface area contributed by atoms with Gasteiger partial charge >= 0.3 is 0 Å². The van der Waals surface area contributed by atoms with E-state index >= 15 is 0 Å². The number of pyridine rings is 2. The summed E-state index contributed by atoms with van der Waals surface area (Å²) in [7, 11) is 3.96. The number of hydrogen-bond donors (Lipinski definition) is 3. The molecule has 3 aromatic heterocycles. The zero-order valence-electron chi connectivity index (χ0n) is 21.4. The van der Waals surface area contributed by atoms with Gasteiger partial charge in [0.05, 0.1) is 40.6 Å². The molecule has 6 rings (SSSR count). The van der Waals surface area contributed by atoms with Crippen LogP contribution in [0.15, 0.2) is 55.0 Å². The van der Waals surface area contributed by atoms with E-state index in [0.717, 1.165) is 35.6 Å². The molecule has 10 heteroatoms. The summed E-state index contributed by atoms with van der Waals surface area (Å²) in [6.45, 7) is 2.59. The third-order valence-electron chi connectivity index (χ3n) is 7.40. The highest BCUT2D eigenvalue weighted by Gasteiger charge is 2.33. The molecule has 0 atom stereocenters. The van der Waals surface area contributed by atoms with Gasteiger partial charge in [-0.25, -0.2) is 14.4 Å². The predicted molar refractivity (Wildman–Crippen MR) is 144 cm³/mol. The Labute approximate surface area is 219 Å². The van der Waals surface area contributed by atoms with Crippen molar-refractivity contribution >= 4 is 28.7 Å². The lowest BCUT2D eigenvalue weighted by Crippen LogP contribution is -2.49. The molecule has 2 aliphatic rings. The first-order valence-corrected chi connectivity index (χ1v) is 12.7. The van der Waals surface area contributed by atoms with Crippen LogP contribution in [0, 0.1) is 5.82 Å². The molecule has 0 radical (unpaired) electrons. The van der Waals surface area contributed by atoms with E-state index < -0.39 is 5.60 Å². The molecule has 5 heterocycles. The van der Waals surface area contributed by atoms with Crippen molar-refractivity contribution in [2.75, 3.05) is 43.9 Å². The van der Waals surface area contributed by atoms with Crippen LogP contribution in [0.2, 0.25) is 0 Å². The Morgan fingerprint density at radius 1 is 1.13 bits per heavy atom. The summed E-state index contributed by atoms with van der Waals surface area (Å²) in [5, 5.41) is 17.0. The van der Waals surface area contributed by atoms with Gasteiger partial charge in [0.1, 0.15) is 17.3 Å². The van der Waals surface area contributed by atoms with Crippen LogP contribution in [0.25, 0.3) is 16.9 Å². The van der Waals surface area contributed by atoms with Crippen LogP contribution < -0.4 is 15.5 Å². The number of nitrogens with zero attached hydrogens (tertiary/aromatic N) is 5. The highest BCUT2D eigenvalue weighted by Crippen LogP contribution is 2.35. The van der Waals surface area contributed by atoms with Gasteiger partial charge < -0.3 is 25.5 Å². The van der Waals surface area contributed by atoms with Crippen LogP contribution in [0.4, 0.5) is 21.6 Å². The Bertz CT molecular complexity index is 1510. The second-order valence-electron chi connectivity index (χ2n) is 10.4. The predicted octanol–water partition coefficient (Wildman–Crippen LogP) is 3.42. The molecule has 0 bridgehead atoms. The number of amides is 1. The van der Waals surface area contributed by atoms with E-state index in [2.05, 4.69) is 25.5 Å².